The smallest absolute Gasteiger partial charge is 0.253 e. The van der Waals surface area contributed by atoms with E-state index >= 15 is 4.39 Å². The summed E-state index contributed by atoms with van der Waals surface area (Å²) in [6.07, 6.45) is 10.2. The molecule has 0 heterocycles. The lowest BCUT2D eigenvalue weighted by Crippen LogP contribution is -2.45. The van der Waals surface area contributed by atoms with Crippen LogP contribution in [0.4, 0.5) is 26.3 Å². The van der Waals surface area contributed by atoms with E-state index in [-0.39, 0.29) is 5.54 Å². The second kappa shape index (κ2) is 16.4. The molecule has 0 fully saturated rings. The van der Waals surface area contributed by atoms with Crippen LogP contribution in [-0.2, 0) is 0 Å². The van der Waals surface area contributed by atoms with Crippen molar-refractivity contribution < 1.29 is 30.8 Å². The van der Waals surface area contributed by atoms with Crippen LogP contribution in [0, 0.1) is 41.0 Å². The average molecular weight is 620 g/mol. The normalized spacial score (nSPS) is 13.8. The van der Waals surface area contributed by atoms with Crippen molar-refractivity contribution in [1.82, 2.24) is 0 Å². The summed E-state index contributed by atoms with van der Waals surface area (Å²) in [6, 6.07) is 6.97. The van der Waals surface area contributed by atoms with Crippen LogP contribution in [-0.4, -0.2) is 16.4 Å². The van der Waals surface area contributed by atoms with Crippen molar-refractivity contribution in [1.29, 1.82) is 0 Å². The molecule has 2 rings (SSSR count). The Kier molecular flexibility index (Phi) is 14.3. The predicted octanol–water partition coefficient (Wildman–Crippen LogP) is 12.2. The van der Waals surface area contributed by atoms with Crippen molar-refractivity contribution in [2.45, 2.75) is 141 Å². The van der Waals surface area contributed by atoms with Crippen LogP contribution < -0.4 is 4.43 Å². The summed E-state index contributed by atoms with van der Waals surface area (Å²) < 4.78 is 93.8. The molecule has 0 aliphatic rings. The van der Waals surface area contributed by atoms with Gasteiger partial charge < -0.3 is 4.43 Å². The van der Waals surface area contributed by atoms with E-state index in [4.69, 9.17) is 4.43 Å². The van der Waals surface area contributed by atoms with Crippen LogP contribution in [0.1, 0.15) is 98.8 Å². The van der Waals surface area contributed by atoms with Crippen LogP contribution in [0.25, 0.3) is 10.8 Å². The summed E-state index contributed by atoms with van der Waals surface area (Å²) in [5, 5.41) is -1.92. The van der Waals surface area contributed by atoms with Gasteiger partial charge in [-0.3, -0.25) is 0 Å². The third-order valence-corrected chi connectivity index (χ3v) is 19.4. The first kappa shape index (κ1) is 35.7. The minimum Gasteiger partial charge on any atom is -0.541 e. The Bertz CT molecular complexity index is 1120. The summed E-state index contributed by atoms with van der Waals surface area (Å²) in [4.78, 5) is 0. The first-order valence-electron chi connectivity index (χ1n) is 15.6. The molecule has 0 saturated heterocycles. The molecule has 0 aromatic heterocycles. The second-order valence-corrected chi connectivity index (χ2v) is 22.4. The highest BCUT2D eigenvalue weighted by atomic mass is 28.4. The highest BCUT2D eigenvalue weighted by molar-refractivity contribution is 6.78. The maximum atomic E-state index is 15.2. The lowest BCUT2D eigenvalue weighted by molar-refractivity contribution is 0.406. The Labute approximate surface area is 245 Å². The van der Waals surface area contributed by atoms with Crippen LogP contribution in [0.5, 0.6) is 5.75 Å². The molecule has 1 atom stereocenters. The van der Waals surface area contributed by atoms with Crippen LogP contribution >= 0.6 is 0 Å². The molecular weight excluding hydrogens is 571 g/mol. The Hall–Kier alpha value is -1.49. The van der Waals surface area contributed by atoms with Gasteiger partial charge in [0.05, 0.1) is 5.39 Å². The summed E-state index contributed by atoms with van der Waals surface area (Å²) in [6.45, 7) is 13.1. The highest BCUT2D eigenvalue weighted by Gasteiger charge is 2.42. The number of hydrogen-bond acceptors (Lipinski definition) is 1. The summed E-state index contributed by atoms with van der Waals surface area (Å²) in [7, 11) is -4.01. The molecule has 2 aromatic carbocycles. The number of halogens is 6. The zero-order valence-corrected chi connectivity index (χ0v) is 27.9. The maximum Gasteiger partial charge on any atom is 0.253 e. The molecule has 0 N–H and O–H groups in total. The fraction of sp³-hybridized carbons (Fsp3) is 0.688. The number of hydrogen-bond donors (Lipinski definition) is 0. The summed E-state index contributed by atoms with van der Waals surface area (Å²) in [5.74, 6) is -11.8. The van der Waals surface area contributed by atoms with E-state index in [1.54, 1.807) is 6.07 Å². The van der Waals surface area contributed by atoms with Crippen molar-refractivity contribution in [2.75, 3.05) is 0 Å². The van der Waals surface area contributed by atoms with Gasteiger partial charge in [0.2, 0.25) is 5.82 Å². The largest absolute Gasteiger partial charge is 0.541 e. The monoisotopic (exact) mass is 619 g/mol. The van der Waals surface area contributed by atoms with Gasteiger partial charge in [-0.25, -0.2) is 22.0 Å². The molecule has 2 aromatic rings. The van der Waals surface area contributed by atoms with Gasteiger partial charge >= 0.3 is 0 Å². The quantitative estimate of drug-likeness (QED) is 0.0658. The molecular formula is C32H49F6OSi2. The number of rotatable bonds is 19. The van der Waals surface area contributed by atoms with Gasteiger partial charge in [-0.2, -0.15) is 4.39 Å². The topological polar surface area (TPSA) is 9.23 Å². The first-order valence-corrected chi connectivity index (χ1v) is 21.1. The molecule has 41 heavy (non-hydrogen) atoms. The van der Waals surface area contributed by atoms with E-state index in [0.717, 1.165) is 51.4 Å². The van der Waals surface area contributed by atoms with E-state index in [0.29, 0.717) is 12.1 Å². The first-order chi connectivity index (χ1) is 19.4. The zero-order chi connectivity index (χ0) is 30.8. The molecule has 0 aliphatic carbocycles. The lowest BCUT2D eigenvalue weighted by atomic mass is 10.1. The van der Waals surface area contributed by atoms with Crippen molar-refractivity contribution in [3.05, 3.63) is 41.0 Å². The molecule has 0 saturated carbocycles. The van der Waals surface area contributed by atoms with Crippen molar-refractivity contribution in [3.63, 3.8) is 0 Å². The minimum atomic E-state index is -2.94. The zero-order valence-electron chi connectivity index (χ0n) is 25.9. The minimum absolute atomic E-state index is 0.0604. The number of fused-ring (bicyclic) bond motifs is 1. The molecule has 9 heteroatoms. The molecule has 1 unspecified atom stereocenters. The second-order valence-electron chi connectivity index (χ2n) is 12.4. The van der Waals surface area contributed by atoms with Gasteiger partial charge in [-0.15, -0.1) is 0 Å². The fourth-order valence-corrected chi connectivity index (χ4v) is 12.1. The molecule has 0 aliphatic heterocycles. The van der Waals surface area contributed by atoms with Crippen LogP contribution in [0.15, 0.2) is 0 Å². The Balaban J connectivity index is 2.28. The maximum absolute atomic E-state index is 15.2. The van der Waals surface area contributed by atoms with E-state index in [9.17, 15) is 22.0 Å². The van der Waals surface area contributed by atoms with E-state index in [1.165, 1.54) is 31.0 Å². The molecule has 233 valence electrons. The van der Waals surface area contributed by atoms with Gasteiger partial charge in [0.1, 0.15) is 0 Å². The van der Waals surface area contributed by atoms with E-state index < -0.39 is 67.8 Å². The standard InChI is InChI=1S/C32H49F6OSi2/c1-7-10-11-17-20-41(23(4)5,21-18-15-13-12-14-16-19-40(6,8-2)9-3)39-32-26-24(27(34)30(37)31(32)38)22-25(33)28(35)29(26)36/h23H,7-21H2,1-6H3. The molecule has 1 radical (unpaired) electrons. The summed E-state index contributed by atoms with van der Waals surface area (Å²) >= 11 is 0. The Morgan fingerprint density at radius 2 is 1.15 bits per heavy atom. The lowest BCUT2D eigenvalue weighted by Gasteiger charge is -2.36. The number of benzene rings is 2. The average Bonchev–Trinajstić information content (AvgIpc) is 2.95. The van der Waals surface area contributed by atoms with E-state index in [2.05, 4.69) is 27.3 Å². The fourth-order valence-electron chi connectivity index (χ4n) is 5.70. The molecule has 0 spiro atoms. The van der Waals surface area contributed by atoms with Gasteiger partial charge in [0.15, 0.2) is 34.8 Å². The molecule has 1 nitrogen and oxygen atoms in total. The predicted molar refractivity (Wildman–Crippen MR) is 163 cm³/mol. The molecule has 0 bridgehead atoms. The van der Waals surface area contributed by atoms with Crippen LogP contribution in [0.3, 0.4) is 0 Å². The Morgan fingerprint density at radius 1 is 0.634 bits per heavy atom. The third kappa shape index (κ3) is 9.00. The van der Waals surface area contributed by atoms with Crippen molar-refractivity contribution in [2.24, 2.45) is 0 Å². The van der Waals surface area contributed by atoms with Gasteiger partial charge in [0, 0.05) is 19.5 Å². The van der Waals surface area contributed by atoms with Crippen LogP contribution in [0.2, 0.25) is 42.3 Å². The van der Waals surface area contributed by atoms with Crippen molar-refractivity contribution in [3.8, 4) is 5.75 Å². The van der Waals surface area contributed by atoms with Crippen molar-refractivity contribution >= 4 is 27.2 Å². The molecule has 0 amide bonds. The van der Waals surface area contributed by atoms with E-state index in [1.807, 2.05) is 13.8 Å². The highest BCUT2D eigenvalue weighted by Crippen LogP contribution is 2.42. The van der Waals surface area contributed by atoms with Gasteiger partial charge in [-0.05, 0) is 17.6 Å². The number of unbranched alkanes of at least 4 members (excludes halogenated alkanes) is 8. The van der Waals surface area contributed by atoms with Gasteiger partial charge in [-0.1, -0.05) is 124 Å². The van der Waals surface area contributed by atoms with Gasteiger partial charge in [0.25, 0.3) is 8.32 Å². The third-order valence-electron chi connectivity index (χ3n) is 9.27. The summed E-state index contributed by atoms with van der Waals surface area (Å²) in [5.41, 5.74) is -0.0604. The SMILES string of the molecule is CCCCCC[Si](CCCCCCCC[Si](C)(CC)CC)(Oc1c(F)c(F)c(F)c2[c]c(F)c(F)c(F)c12)C(C)C. The Morgan fingerprint density at radius 3 is 1.66 bits per heavy atom.